The molecule has 1 aromatic rings. The van der Waals surface area contributed by atoms with Gasteiger partial charge >= 0.3 is 0 Å². The lowest BCUT2D eigenvalue weighted by molar-refractivity contribution is 0.244. The minimum Gasteiger partial charge on any atom is -0.398 e. The monoisotopic (exact) mass is 173 g/mol. The molecule has 0 radical (unpaired) electrons. The van der Waals surface area contributed by atoms with E-state index in [2.05, 4.69) is 12.1 Å². The normalized spacial score (nSPS) is 22.8. The first-order valence-corrected chi connectivity index (χ1v) is 5.20. The Kier molecular flexibility index (Phi) is 1.30. The third-order valence-electron chi connectivity index (χ3n) is 3.95. The number of rotatable bonds is 0. The average molecular weight is 173 g/mol. The molecule has 3 rings (SSSR count). The summed E-state index contributed by atoms with van der Waals surface area (Å²) >= 11 is 0. The van der Waals surface area contributed by atoms with Crippen LogP contribution in [0.5, 0.6) is 0 Å². The van der Waals surface area contributed by atoms with E-state index in [1.165, 1.54) is 37.7 Å². The fraction of sp³-hybridized carbons (Fsp3) is 0.500. The van der Waals surface area contributed by atoms with Crippen LogP contribution in [-0.2, 0) is 11.8 Å². The highest BCUT2D eigenvalue weighted by Crippen LogP contribution is 2.53. The largest absolute Gasteiger partial charge is 0.398 e. The van der Waals surface area contributed by atoms with Gasteiger partial charge in [-0.15, -0.1) is 0 Å². The Balaban J connectivity index is 2.16. The van der Waals surface area contributed by atoms with Crippen LogP contribution < -0.4 is 5.73 Å². The van der Waals surface area contributed by atoms with Crippen LogP contribution >= 0.6 is 0 Å². The third-order valence-corrected chi connectivity index (χ3v) is 3.95. The van der Waals surface area contributed by atoms with Crippen molar-refractivity contribution in [2.75, 3.05) is 5.73 Å². The first-order chi connectivity index (χ1) is 6.32. The maximum Gasteiger partial charge on any atom is 0.0349 e. The van der Waals surface area contributed by atoms with Crippen molar-refractivity contribution in [2.24, 2.45) is 0 Å². The molecule has 0 atom stereocenters. The SMILES string of the molecule is Nc1cccc2c1CCC21CCC1. The van der Waals surface area contributed by atoms with E-state index >= 15 is 0 Å². The molecule has 2 aliphatic carbocycles. The smallest absolute Gasteiger partial charge is 0.0349 e. The summed E-state index contributed by atoms with van der Waals surface area (Å²) < 4.78 is 0. The Hall–Kier alpha value is -0.980. The number of nitrogen functional groups attached to an aromatic ring is 1. The molecule has 1 fully saturated rings. The maximum absolute atomic E-state index is 5.97. The van der Waals surface area contributed by atoms with E-state index in [1.54, 1.807) is 5.56 Å². The molecule has 1 spiro atoms. The highest BCUT2D eigenvalue weighted by Gasteiger charge is 2.43. The van der Waals surface area contributed by atoms with Crippen LogP contribution in [0.1, 0.15) is 36.8 Å². The molecule has 13 heavy (non-hydrogen) atoms. The van der Waals surface area contributed by atoms with Crippen molar-refractivity contribution in [3.63, 3.8) is 0 Å². The van der Waals surface area contributed by atoms with Crippen LogP contribution in [0.25, 0.3) is 0 Å². The van der Waals surface area contributed by atoms with Crippen molar-refractivity contribution in [3.8, 4) is 0 Å². The predicted octanol–water partition coefficient (Wildman–Crippen LogP) is 2.64. The molecule has 0 aliphatic heterocycles. The van der Waals surface area contributed by atoms with Crippen molar-refractivity contribution in [3.05, 3.63) is 29.3 Å². The minimum atomic E-state index is 0.560. The minimum absolute atomic E-state index is 0.560. The Morgan fingerprint density at radius 2 is 2.00 bits per heavy atom. The maximum atomic E-state index is 5.97. The molecule has 0 heterocycles. The Labute approximate surface area is 78.9 Å². The summed E-state index contributed by atoms with van der Waals surface area (Å²) in [4.78, 5) is 0. The number of anilines is 1. The van der Waals surface area contributed by atoms with Gasteiger partial charge in [0.15, 0.2) is 0 Å². The Morgan fingerprint density at radius 3 is 2.69 bits per heavy atom. The number of nitrogens with two attached hydrogens (primary N) is 1. The molecule has 0 amide bonds. The molecule has 0 bridgehead atoms. The standard InChI is InChI=1S/C12H15N/c13-11-4-1-3-10-9(11)5-8-12(10)6-2-7-12/h1,3-4H,2,5-8,13H2. The van der Waals surface area contributed by atoms with E-state index in [0.29, 0.717) is 5.41 Å². The van der Waals surface area contributed by atoms with Gasteiger partial charge in [-0.2, -0.15) is 0 Å². The van der Waals surface area contributed by atoms with Crippen molar-refractivity contribution < 1.29 is 0 Å². The number of hydrogen-bond donors (Lipinski definition) is 1. The van der Waals surface area contributed by atoms with Crippen LogP contribution in [0, 0.1) is 0 Å². The molecule has 0 saturated heterocycles. The van der Waals surface area contributed by atoms with Gasteiger partial charge in [-0.3, -0.25) is 0 Å². The molecule has 1 nitrogen and oxygen atoms in total. The first-order valence-electron chi connectivity index (χ1n) is 5.20. The van der Waals surface area contributed by atoms with Gasteiger partial charge in [-0.25, -0.2) is 0 Å². The lowest BCUT2D eigenvalue weighted by Gasteiger charge is -2.39. The van der Waals surface area contributed by atoms with E-state index < -0.39 is 0 Å². The van der Waals surface area contributed by atoms with Crippen molar-refractivity contribution >= 4 is 5.69 Å². The third kappa shape index (κ3) is 0.822. The summed E-state index contributed by atoms with van der Waals surface area (Å²) in [5.41, 5.74) is 10.6. The molecule has 0 aromatic heterocycles. The second kappa shape index (κ2) is 2.28. The predicted molar refractivity (Wildman–Crippen MR) is 54.7 cm³/mol. The lowest BCUT2D eigenvalue weighted by atomic mass is 9.65. The van der Waals surface area contributed by atoms with Gasteiger partial charge in [0.1, 0.15) is 0 Å². The van der Waals surface area contributed by atoms with Gasteiger partial charge in [0.2, 0.25) is 0 Å². The topological polar surface area (TPSA) is 26.0 Å². The van der Waals surface area contributed by atoms with Gasteiger partial charge in [0, 0.05) is 5.69 Å². The second-order valence-electron chi connectivity index (χ2n) is 4.51. The van der Waals surface area contributed by atoms with E-state index in [-0.39, 0.29) is 0 Å². The summed E-state index contributed by atoms with van der Waals surface area (Å²) in [7, 11) is 0. The first kappa shape index (κ1) is 7.43. The summed E-state index contributed by atoms with van der Waals surface area (Å²) in [6.07, 6.45) is 6.75. The van der Waals surface area contributed by atoms with Gasteiger partial charge in [0.05, 0.1) is 0 Å². The highest BCUT2D eigenvalue weighted by molar-refractivity contribution is 5.56. The van der Waals surface area contributed by atoms with Crippen molar-refractivity contribution in [1.29, 1.82) is 0 Å². The summed E-state index contributed by atoms with van der Waals surface area (Å²) in [6, 6.07) is 6.44. The number of fused-ring (bicyclic) bond motifs is 2. The lowest BCUT2D eigenvalue weighted by Crippen LogP contribution is -2.31. The fourth-order valence-electron chi connectivity index (χ4n) is 3.00. The molecular formula is C12H15N. The number of hydrogen-bond acceptors (Lipinski definition) is 1. The Morgan fingerprint density at radius 1 is 1.15 bits per heavy atom. The summed E-state index contributed by atoms with van der Waals surface area (Å²) in [6.45, 7) is 0. The quantitative estimate of drug-likeness (QED) is 0.600. The van der Waals surface area contributed by atoms with Gasteiger partial charge in [0.25, 0.3) is 0 Å². The Bertz CT molecular complexity index is 350. The molecule has 0 unspecified atom stereocenters. The van der Waals surface area contributed by atoms with Crippen molar-refractivity contribution in [2.45, 2.75) is 37.5 Å². The zero-order valence-corrected chi connectivity index (χ0v) is 7.84. The average Bonchev–Trinajstić information content (AvgIpc) is 2.44. The molecule has 2 aliphatic rings. The van der Waals surface area contributed by atoms with Gasteiger partial charge in [-0.05, 0) is 48.3 Å². The van der Waals surface area contributed by atoms with Crippen molar-refractivity contribution in [1.82, 2.24) is 0 Å². The molecule has 2 N–H and O–H groups in total. The summed E-state index contributed by atoms with van der Waals surface area (Å²) in [5, 5.41) is 0. The molecule has 1 heteroatoms. The van der Waals surface area contributed by atoms with Gasteiger partial charge in [-0.1, -0.05) is 18.6 Å². The van der Waals surface area contributed by atoms with E-state index in [0.717, 1.165) is 5.69 Å². The van der Waals surface area contributed by atoms with Crippen LogP contribution in [0.3, 0.4) is 0 Å². The van der Waals surface area contributed by atoms with Gasteiger partial charge < -0.3 is 5.73 Å². The zero-order valence-electron chi connectivity index (χ0n) is 7.84. The molecule has 1 aromatic carbocycles. The van der Waals surface area contributed by atoms with Crippen LogP contribution in [0.4, 0.5) is 5.69 Å². The number of benzene rings is 1. The van der Waals surface area contributed by atoms with Crippen LogP contribution in [0.15, 0.2) is 18.2 Å². The van der Waals surface area contributed by atoms with E-state index in [4.69, 9.17) is 5.73 Å². The fourth-order valence-corrected chi connectivity index (χ4v) is 3.00. The highest BCUT2D eigenvalue weighted by atomic mass is 14.6. The van der Waals surface area contributed by atoms with E-state index in [9.17, 15) is 0 Å². The molecular weight excluding hydrogens is 158 g/mol. The van der Waals surface area contributed by atoms with E-state index in [1.807, 2.05) is 6.07 Å². The van der Waals surface area contributed by atoms with Crippen LogP contribution in [-0.4, -0.2) is 0 Å². The summed E-state index contributed by atoms with van der Waals surface area (Å²) in [5.74, 6) is 0. The van der Waals surface area contributed by atoms with Crippen LogP contribution in [0.2, 0.25) is 0 Å². The zero-order chi connectivity index (χ0) is 8.89. The molecule has 1 saturated carbocycles. The second-order valence-corrected chi connectivity index (χ2v) is 4.51. The molecule has 68 valence electrons.